The smallest absolute Gasteiger partial charge is 0.128 e. The van der Waals surface area contributed by atoms with Gasteiger partial charge in [0.05, 0.1) is 12.8 Å². The van der Waals surface area contributed by atoms with Crippen LogP contribution >= 0.6 is 0 Å². The minimum absolute atomic E-state index is 0.612. The van der Waals surface area contributed by atoms with Gasteiger partial charge in [-0.3, -0.25) is 9.88 Å². The molecule has 0 bridgehead atoms. The fourth-order valence-corrected chi connectivity index (χ4v) is 2.75. The fourth-order valence-electron chi connectivity index (χ4n) is 2.75. The van der Waals surface area contributed by atoms with Gasteiger partial charge in [-0.1, -0.05) is 6.92 Å². The van der Waals surface area contributed by atoms with Crippen LogP contribution in [-0.2, 0) is 6.54 Å². The second kappa shape index (κ2) is 6.35. The van der Waals surface area contributed by atoms with E-state index in [1.807, 2.05) is 13.1 Å². The number of rotatable bonds is 4. The summed E-state index contributed by atoms with van der Waals surface area (Å²) >= 11 is 0. The summed E-state index contributed by atoms with van der Waals surface area (Å²) in [7, 11) is 1.73. The second-order valence-corrected chi connectivity index (χ2v) is 5.34. The van der Waals surface area contributed by atoms with Crippen molar-refractivity contribution in [2.45, 2.75) is 39.8 Å². The Kier molecular flexibility index (Phi) is 4.77. The van der Waals surface area contributed by atoms with E-state index in [9.17, 15) is 0 Å². The number of hydrogen-bond acceptors (Lipinski definition) is 4. The van der Waals surface area contributed by atoms with E-state index in [0.717, 1.165) is 43.2 Å². The van der Waals surface area contributed by atoms with Gasteiger partial charge < -0.3 is 10.1 Å². The van der Waals surface area contributed by atoms with E-state index in [0.29, 0.717) is 6.04 Å². The quantitative estimate of drug-likeness (QED) is 0.900. The summed E-state index contributed by atoms with van der Waals surface area (Å²) in [6.45, 7) is 10.6. The maximum Gasteiger partial charge on any atom is 0.128 e. The lowest BCUT2D eigenvalue weighted by Crippen LogP contribution is -2.49. The fraction of sp³-hybridized carbons (Fsp3) is 0.667. The van der Waals surface area contributed by atoms with Gasteiger partial charge in [0.1, 0.15) is 5.75 Å². The van der Waals surface area contributed by atoms with Crippen molar-refractivity contribution in [3.8, 4) is 5.75 Å². The van der Waals surface area contributed by atoms with Crippen LogP contribution in [0.15, 0.2) is 6.20 Å². The maximum absolute atomic E-state index is 5.48. The molecule has 106 valence electrons. The molecule has 1 fully saturated rings. The summed E-state index contributed by atoms with van der Waals surface area (Å²) < 4.78 is 5.48. The highest BCUT2D eigenvalue weighted by Crippen LogP contribution is 2.24. The minimum Gasteiger partial charge on any atom is -0.496 e. The Hall–Kier alpha value is -1.13. The van der Waals surface area contributed by atoms with E-state index < -0.39 is 0 Å². The van der Waals surface area contributed by atoms with Gasteiger partial charge in [0.15, 0.2) is 0 Å². The molecule has 0 aliphatic carbocycles. The molecule has 2 rings (SSSR count). The van der Waals surface area contributed by atoms with Gasteiger partial charge in [0, 0.05) is 49.5 Å². The van der Waals surface area contributed by atoms with Crippen molar-refractivity contribution in [1.82, 2.24) is 15.2 Å². The van der Waals surface area contributed by atoms with E-state index in [1.54, 1.807) is 7.11 Å². The predicted octanol–water partition coefficient (Wildman–Crippen LogP) is 1.89. The number of pyridine rings is 1. The molecule has 1 aliphatic heterocycles. The summed E-state index contributed by atoms with van der Waals surface area (Å²) in [5.74, 6) is 0.979. The molecule has 19 heavy (non-hydrogen) atoms. The van der Waals surface area contributed by atoms with Crippen molar-refractivity contribution in [1.29, 1.82) is 0 Å². The SMILES string of the molecule is CCC1CN(Cc2ncc(C)c(OC)c2C)CCN1. The molecule has 1 saturated heterocycles. The van der Waals surface area contributed by atoms with Crippen molar-refractivity contribution >= 4 is 0 Å². The van der Waals surface area contributed by atoms with Crippen LogP contribution in [0.4, 0.5) is 0 Å². The zero-order valence-electron chi connectivity index (χ0n) is 12.5. The Bertz CT molecular complexity index is 434. The van der Waals surface area contributed by atoms with Gasteiger partial charge in [0.2, 0.25) is 0 Å². The number of aryl methyl sites for hydroxylation is 1. The third kappa shape index (κ3) is 3.25. The first kappa shape index (κ1) is 14.3. The molecule has 0 radical (unpaired) electrons. The van der Waals surface area contributed by atoms with E-state index in [1.165, 1.54) is 12.0 Å². The van der Waals surface area contributed by atoms with Crippen LogP contribution in [0.3, 0.4) is 0 Å². The van der Waals surface area contributed by atoms with Crippen LogP contribution in [-0.4, -0.2) is 42.7 Å². The summed E-state index contributed by atoms with van der Waals surface area (Å²) in [5, 5.41) is 3.54. The number of aromatic nitrogens is 1. The third-order valence-electron chi connectivity index (χ3n) is 3.96. The zero-order chi connectivity index (χ0) is 13.8. The van der Waals surface area contributed by atoms with E-state index >= 15 is 0 Å². The third-order valence-corrected chi connectivity index (χ3v) is 3.96. The number of hydrogen-bond donors (Lipinski definition) is 1. The molecular formula is C15H25N3O. The summed E-state index contributed by atoms with van der Waals surface area (Å²) in [6, 6.07) is 0.612. The lowest BCUT2D eigenvalue weighted by molar-refractivity contribution is 0.187. The molecular weight excluding hydrogens is 238 g/mol. The Morgan fingerprint density at radius 3 is 2.95 bits per heavy atom. The Labute approximate surface area is 116 Å². The molecule has 1 N–H and O–H groups in total. The highest BCUT2D eigenvalue weighted by atomic mass is 16.5. The highest BCUT2D eigenvalue weighted by molar-refractivity contribution is 5.41. The van der Waals surface area contributed by atoms with E-state index in [4.69, 9.17) is 4.74 Å². The standard InChI is InChI=1S/C15H25N3O/c1-5-13-9-18(7-6-16-13)10-14-12(3)15(19-4)11(2)8-17-14/h8,13,16H,5-7,9-10H2,1-4H3. The Morgan fingerprint density at radius 2 is 2.26 bits per heavy atom. The summed E-state index contributed by atoms with van der Waals surface area (Å²) in [5.41, 5.74) is 3.42. The van der Waals surface area contributed by atoms with Crippen molar-refractivity contribution in [2.24, 2.45) is 0 Å². The first-order valence-electron chi connectivity index (χ1n) is 7.10. The normalized spacial score (nSPS) is 20.5. The van der Waals surface area contributed by atoms with Gasteiger partial charge in [-0.05, 0) is 20.3 Å². The molecule has 0 saturated carbocycles. The van der Waals surface area contributed by atoms with Crippen LogP contribution in [0.25, 0.3) is 0 Å². The van der Waals surface area contributed by atoms with Gasteiger partial charge >= 0.3 is 0 Å². The molecule has 1 aromatic rings. The Balaban J connectivity index is 2.10. The van der Waals surface area contributed by atoms with Crippen molar-refractivity contribution < 1.29 is 4.74 Å². The average molecular weight is 263 g/mol. The monoisotopic (exact) mass is 263 g/mol. The van der Waals surface area contributed by atoms with Crippen LogP contribution in [0.1, 0.15) is 30.2 Å². The second-order valence-electron chi connectivity index (χ2n) is 5.34. The largest absolute Gasteiger partial charge is 0.496 e. The first-order valence-corrected chi connectivity index (χ1v) is 7.10. The Morgan fingerprint density at radius 1 is 1.47 bits per heavy atom. The van der Waals surface area contributed by atoms with Crippen LogP contribution < -0.4 is 10.1 Å². The maximum atomic E-state index is 5.48. The van der Waals surface area contributed by atoms with Crippen LogP contribution in [0.5, 0.6) is 5.75 Å². The molecule has 2 heterocycles. The first-order chi connectivity index (χ1) is 9.15. The van der Waals surface area contributed by atoms with E-state index in [-0.39, 0.29) is 0 Å². The summed E-state index contributed by atoms with van der Waals surface area (Å²) in [6.07, 6.45) is 3.10. The van der Waals surface area contributed by atoms with E-state index in [2.05, 4.69) is 29.0 Å². The number of piperazine rings is 1. The van der Waals surface area contributed by atoms with Crippen molar-refractivity contribution in [3.05, 3.63) is 23.0 Å². The van der Waals surface area contributed by atoms with Crippen LogP contribution in [0.2, 0.25) is 0 Å². The van der Waals surface area contributed by atoms with Gasteiger partial charge in [-0.2, -0.15) is 0 Å². The topological polar surface area (TPSA) is 37.4 Å². The molecule has 4 heteroatoms. The van der Waals surface area contributed by atoms with Gasteiger partial charge in [-0.25, -0.2) is 0 Å². The molecule has 1 unspecified atom stereocenters. The number of nitrogens with zero attached hydrogens (tertiary/aromatic N) is 2. The molecule has 0 amide bonds. The number of methoxy groups -OCH3 is 1. The molecule has 4 nitrogen and oxygen atoms in total. The average Bonchev–Trinajstić information content (AvgIpc) is 2.43. The van der Waals surface area contributed by atoms with Crippen molar-refractivity contribution in [2.75, 3.05) is 26.7 Å². The zero-order valence-corrected chi connectivity index (χ0v) is 12.5. The predicted molar refractivity (Wildman–Crippen MR) is 77.6 cm³/mol. The lowest BCUT2D eigenvalue weighted by Gasteiger charge is -2.33. The minimum atomic E-state index is 0.612. The van der Waals surface area contributed by atoms with Crippen molar-refractivity contribution in [3.63, 3.8) is 0 Å². The highest BCUT2D eigenvalue weighted by Gasteiger charge is 2.19. The number of nitrogens with one attached hydrogen (secondary N) is 1. The molecule has 1 aromatic heterocycles. The lowest BCUT2D eigenvalue weighted by atomic mass is 10.1. The van der Waals surface area contributed by atoms with Gasteiger partial charge in [-0.15, -0.1) is 0 Å². The number of ether oxygens (including phenoxy) is 1. The molecule has 1 aliphatic rings. The molecule has 1 atom stereocenters. The molecule has 0 spiro atoms. The van der Waals surface area contributed by atoms with Crippen LogP contribution in [0, 0.1) is 13.8 Å². The summed E-state index contributed by atoms with van der Waals surface area (Å²) in [4.78, 5) is 7.07. The molecule has 0 aromatic carbocycles. The van der Waals surface area contributed by atoms with Gasteiger partial charge in [0.25, 0.3) is 0 Å².